The Balaban J connectivity index is 1.62. The number of aromatic nitrogens is 2. The standard InChI is InChI=1S/C31H30N2O4/c1-2-27(22-11-14-26(34)15-12-22)31(23-9-6-21(7-10-23)8-17-30(35)36)24-13-16-28-25(19-24)20-32-33(28)29-5-3-4-18-37-29/h6-17,19-20,29,34H,2-5,18H2,1H3,(H,35,36)/b17-8+,31-27+. The predicted molar refractivity (Wildman–Crippen MR) is 146 cm³/mol. The van der Waals surface area contributed by atoms with Crippen LogP contribution < -0.4 is 0 Å². The number of ether oxygens (including phenoxy) is 1. The van der Waals surface area contributed by atoms with Crippen LogP contribution in [0.25, 0.3) is 28.1 Å². The van der Waals surface area contributed by atoms with Crippen LogP contribution in [0.5, 0.6) is 5.75 Å². The first-order chi connectivity index (χ1) is 18.0. The van der Waals surface area contributed by atoms with Gasteiger partial charge in [0, 0.05) is 18.1 Å². The monoisotopic (exact) mass is 494 g/mol. The molecule has 0 aliphatic carbocycles. The molecule has 1 fully saturated rings. The van der Waals surface area contributed by atoms with Gasteiger partial charge in [0.05, 0.1) is 11.7 Å². The van der Waals surface area contributed by atoms with Gasteiger partial charge >= 0.3 is 5.97 Å². The lowest BCUT2D eigenvalue weighted by Gasteiger charge is -2.23. The normalized spacial score (nSPS) is 16.7. The first-order valence-corrected chi connectivity index (χ1v) is 12.7. The number of fused-ring (bicyclic) bond motifs is 1. The lowest BCUT2D eigenvalue weighted by molar-refractivity contribution is -0.131. The zero-order valence-corrected chi connectivity index (χ0v) is 20.8. The average molecular weight is 495 g/mol. The van der Waals surface area contributed by atoms with Crippen molar-refractivity contribution in [3.8, 4) is 5.75 Å². The number of carboxylic acids is 1. The van der Waals surface area contributed by atoms with Crippen molar-refractivity contribution in [2.75, 3.05) is 6.61 Å². The Bertz CT molecular complexity index is 1460. The Morgan fingerprint density at radius 1 is 1.03 bits per heavy atom. The molecule has 6 nitrogen and oxygen atoms in total. The fraction of sp³-hybridized carbons (Fsp3) is 0.226. The smallest absolute Gasteiger partial charge is 0.328 e. The largest absolute Gasteiger partial charge is 0.508 e. The number of aromatic hydroxyl groups is 1. The molecule has 2 heterocycles. The molecule has 1 atom stereocenters. The van der Waals surface area contributed by atoms with Crippen molar-refractivity contribution in [3.05, 3.63) is 101 Å². The van der Waals surface area contributed by atoms with Crippen LogP contribution in [-0.4, -0.2) is 32.6 Å². The molecule has 1 saturated heterocycles. The third-order valence-corrected chi connectivity index (χ3v) is 6.80. The molecule has 0 saturated carbocycles. The molecule has 188 valence electrons. The molecular weight excluding hydrogens is 464 g/mol. The van der Waals surface area contributed by atoms with Gasteiger partial charge in [-0.15, -0.1) is 0 Å². The zero-order chi connectivity index (χ0) is 25.8. The van der Waals surface area contributed by atoms with Crippen LogP contribution in [0, 0.1) is 0 Å². The van der Waals surface area contributed by atoms with E-state index in [0.29, 0.717) is 0 Å². The van der Waals surface area contributed by atoms with Gasteiger partial charge in [-0.2, -0.15) is 5.10 Å². The van der Waals surface area contributed by atoms with E-state index < -0.39 is 5.97 Å². The van der Waals surface area contributed by atoms with E-state index in [0.717, 1.165) is 82.7 Å². The van der Waals surface area contributed by atoms with Gasteiger partial charge in [0.2, 0.25) is 0 Å². The summed E-state index contributed by atoms with van der Waals surface area (Å²) in [5, 5.41) is 24.5. The van der Waals surface area contributed by atoms with Gasteiger partial charge in [-0.25, -0.2) is 9.48 Å². The molecule has 1 aromatic heterocycles. The van der Waals surface area contributed by atoms with E-state index in [9.17, 15) is 9.90 Å². The SMILES string of the molecule is CC/C(=C(/c1ccc(/C=C/C(=O)O)cc1)c1ccc2c(cnn2C2CCCCO2)c1)c1ccc(O)cc1. The van der Waals surface area contributed by atoms with Crippen LogP contribution in [0.3, 0.4) is 0 Å². The third-order valence-electron chi connectivity index (χ3n) is 6.80. The minimum Gasteiger partial charge on any atom is -0.508 e. The van der Waals surface area contributed by atoms with Crippen molar-refractivity contribution < 1.29 is 19.7 Å². The third kappa shape index (κ3) is 5.34. The summed E-state index contributed by atoms with van der Waals surface area (Å²) < 4.78 is 7.97. The molecule has 1 aliphatic heterocycles. The van der Waals surface area contributed by atoms with E-state index in [1.54, 1.807) is 18.2 Å². The number of rotatable bonds is 7. The number of benzene rings is 3. The van der Waals surface area contributed by atoms with Crippen molar-refractivity contribution >= 4 is 34.1 Å². The minimum atomic E-state index is -0.974. The lowest BCUT2D eigenvalue weighted by atomic mass is 9.87. The Hall–Kier alpha value is -4.16. The molecular formula is C31H30N2O4. The molecule has 0 bridgehead atoms. The average Bonchev–Trinajstić information content (AvgIpc) is 3.35. The van der Waals surface area contributed by atoms with Gasteiger partial charge in [-0.1, -0.05) is 49.4 Å². The van der Waals surface area contributed by atoms with Crippen LogP contribution in [0.4, 0.5) is 0 Å². The quantitative estimate of drug-likeness (QED) is 0.215. The second-order valence-electron chi connectivity index (χ2n) is 9.23. The van der Waals surface area contributed by atoms with E-state index >= 15 is 0 Å². The molecule has 0 radical (unpaired) electrons. The molecule has 5 rings (SSSR count). The topological polar surface area (TPSA) is 84.6 Å². The first kappa shape index (κ1) is 24.5. The van der Waals surface area contributed by atoms with Gasteiger partial charge in [-0.05, 0) is 89.4 Å². The fourth-order valence-corrected chi connectivity index (χ4v) is 4.99. The van der Waals surface area contributed by atoms with E-state index in [1.807, 2.05) is 47.3 Å². The molecule has 0 spiro atoms. The fourth-order valence-electron chi connectivity index (χ4n) is 4.99. The highest BCUT2D eigenvalue weighted by molar-refractivity contribution is 6.00. The summed E-state index contributed by atoms with van der Waals surface area (Å²) in [4.78, 5) is 10.9. The van der Waals surface area contributed by atoms with Crippen molar-refractivity contribution in [1.82, 2.24) is 9.78 Å². The summed E-state index contributed by atoms with van der Waals surface area (Å²) in [5.41, 5.74) is 7.23. The van der Waals surface area contributed by atoms with Crippen LogP contribution in [0.1, 0.15) is 61.1 Å². The highest BCUT2D eigenvalue weighted by atomic mass is 16.5. The lowest BCUT2D eigenvalue weighted by Crippen LogP contribution is -2.18. The molecule has 37 heavy (non-hydrogen) atoms. The number of phenolic OH excluding ortho intramolecular Hbond substituents is 1. The Morgan fingerprint density at radius 3 is 2.43 bits per heavy atom. The van der Waals surface area contributed by atoms with Gasteiger partial charge in [0.1, 0.15) is 5.75 Å². The number of aliphatic carboxylic acids is 1. The first-order valence-electron chi connectivity index (χ1n) is 12.7. The molecule has 2 N–H and O–H groups in total. The van der Waals surface area contributed by atoms with E-state index in [2.05, 4.69) is 30.2 Å². The van der Waals surface area contributed by atoms with Crippen molar-refractivity contribution in [1.29, 1.82) is 0 Å². The maximum Gasteiger partial charge on any atom is 0.328 e. The van der Waals surface area contributed by atoms with Gasteiger partial charge in [-0.3, -0.25) is 0 Å². The summed E-state index contributed by atoms with van der Waals surface area (Å²) in [5.74, 6) is -0.744. The number of phenols is 1. The molecule has 6 heteroatoms. The summed E-state index contributed by atoms with van der Waals surface area (Å²) in [7, 11) is 0. The number of allylic oxidation sites excluding steroid dienone is 1. The van der Waals surface area contributed by atoms with Crippen molar-refractivity contribution in [2.45, 2.75) is 38.8 Å². The van der Waals surface area contributed by atoms with Crippen molar-refractivity contribution in [3.63, 3.8) is 0 Å². The number of hydrogen-bond donors (Lipinski definition) is 2. The summed E-state index contributed by atoms with van der Waals surface area (Å²) in [6.45, 7) is 2.89. The summed E-state index contributed by atoms with van der Waals surface area (Å²) >= 11 is 0. The Morgan fingerprint density at radius 2 is 1.76 bits per heavy atom. The highest BCUT2D eigenvalue weighted by Crippen LogP contribution is 2.37. The van der Waals surface area contributed by atoms with Crippen LogP contribution in [-0.2, 0) is 9.53 Å². The number of carboxylic acid groups (broad SMARTS) is 1. The molecule has 0 amide bonds. The van der Waals surface area contributed by atoms with E-state index in [4.69, 9.17) is 9.84 Å². The summed E-state index contributed by atoms with van der Waals surface area (Å²) in [6.07, 6.45) is 8.59. The molecule has 1 aliphatic rings. The molecule has 3 aromatic carbocycles. The Kier molecular flexibility index (Phi) is 7.19. The predicted octanol–water partition coefficient (Wildman–Crippen LogP) is 6.91. The van der Waals surface area contributed by atoms with Gasteiger partial charge < -0.3 is 14.9 Å². The molecule has 1 unspecified atom stereocenters. The Labute approximate surface area is 216 Å². The number of hydrogen-bond acceptors (Lipinski definition) is 4. The second-order valence-corrected chi connectivity index (χ2v) is 9.23. The van der Waals surface area contributed by atoms with E-state index in [-0.39, 0.29) is 12.0 Å². The van der Waals surface area contributed by atoms with Crippen LogP contribution in [0.15, 0.2) is 79.0 Å². The maximum absolute atomic E-state index is 10.9. The molecule has 4 aromatic rings. The van der Waals surface area contributed by atoms with E-state index in [1.165, 1.54) is 0 Å². The zero-order valence-electron chi connectivity index (χ0n) is 20.8. The number of nitrogens with zero attached hydrogens (tertiary/aromatic N) is 2. The van der Waals surface area contributed by atoms with Crippen LogP contribution in [0.2, 0.25) is 0 Å². The van der Waals surface area contributed by atoms with Gasteiger partial charge in [0.25, 0.3) is 0 Å². The highest BCUT2D eigenvalue weighted by Gasteiger charge is 2.20. The second kappa shape index (κ2) is 10.8. The maximum atomic E-state index is 10.9. The van der Waals surface area contributed by atoms with Gasteiger partial charge in [0.15, 0.2) is 6.23 Å². The number of carbonyl (C=O) groups is 1. The summed E-state index contributed by atoms with van der Waals surface area (Å²) in [6, 6.07) is 21.6. The van der Waals surface area contributed by atoms with Crippen molar-refractivity contribution in [2.24, 2.45) is 0 Å². The van der Waals surface area contributed by atoms with Crippen LogP contribution >= 0.6 is 0 Å². The minimum absolute atomic E-state index is 0.0262.